The van der Waals surface area contributed by atoms with Gasteiger partial charge in [-0.25, -0.2) is 9.18 Å². The highest BCUT2D eigenvalue weighted by Gasteiger charge is 2.10. The molecule has 94 valence electrons. The van der Waals surface area contributed by atoms with E-state index in [9.17, 15) is 9.18 Å². The van der Waals surface area contributed by atoms with Crippen molar-refractivity contribution in [1.82, 2.24) is 0 Å². The number of esters is 1. The second kappa shape index (κ2) is 5.37. The summed E-state index contributed by atoms with van der Waals surface area (Å²) in [6.45, 7) is 0.132. The van der Waals surface area contributed by atoms with Crippen LogP contribution in [0.1, 0.15) is 15.2 Å². The van der Waals surface area contributed by atoms with Crippen molar-refractivity contribution in [2.45, 2.75) is 6.61 Å². The zero-order valence-corrected chi connectivity index (χ0v) is 10.7. The minimum absolute atomic E-state index is 0.0800. The van der Waals surface area contributed by atoms with Crippen LogP contribution in [0.4, 0.5) is 10.1 Å². The molecule has 1 heterocycles. The maximum atomic E-state index is 12.9. The number of carbonyl (C=O) groups is 1. The molecule has 18 heavy (non-hydrogen) atoms. The maximum Gasteiger partial charge on any atom is 0.338 e. The van der Waals surface area contributed by atoms with E-state index in [0.717, 1.165) is 10.9 Å². The third kappa shape index (κ3) is 3.00. The zero-order chi connectivity index (χ0) is 13.1. The Morgan fingerprint density at radius 3 is 2.78 bits per heavy atom. The van der Waals surface area contributed by atoms with E-state index < -0.39 is 11.8 Å². The fraction of sp³-hybridized carbons (Fsp3) is 0.0833. The van der Waals surface area contributed by atoms with Gasteiger partial charge in [0.2, 0.25) is 0 Å². The van der Waals surface area contributed by atoms with E-state index in [4.69, 9.17) is 22.1 Å². The minimum Gasteiger partial charge on any atom is -0.456 e. The molecule has 0 aliphatic carbocycles. The molecular weight excluding hydrogens is 277 g/mol. The Bertz CT molecular complexity index is 585. The van der Waals surface area contributed by atoms with Gasteiger partial charge in [0.25, 0.3) is 0 Å². The van der Waals surface area contributed by atoms with Crippen LogP contribution >= 0.6 is 22.9 Å². The average Bonchev–Trinajstić information content (AvgIpc) is 2.75. The molecule has 0 unspecified atom stereocenters. The topological polar surface area (TPSA) is 52.3 Å². The molecule has 2 aromatic rings. The van der Waals surface area contributed by atoms with Crippen molar-refractivity contribution in [3.8, 4) is 0 Å². The fourth-order valence-corrected chi connectivity index (χ4v) is 2.32. The summed E-state index contributed by atoms with van der Waals surface area (Å²) < 4.78 is 18.6. The first-order valence-corrected chi connectivity index (χ1v) is 6.22. The van der Waals surface area contributed by atoms with Crippen LogP contribution in [0.25, 0.3) is 0 Å². The Kier molecular flexibility index (Phi) is 3.84. The number of benzene rings is 1. The van der Waals surface area contributed by atoms with Crippen molar-refractivity contribution in [1.29, 1.82) is 0 Å². The summed E-state index contributed by atoms with van der Waals surface area (Å²) in [5.41, 5.74) is 5.51. The summed E-state index contributed by atoms with van der Waals surface area (Å²) in [6.07, 6.45) is 0. The highest BCUT2D eigenvalue weighted by atomic mass is 35.5. The fourth-order valence-electron chi connectivity index (χ4n) is 1.32. The average molecular weight is 286 g/mol. The Labute approximate surface area is 112 Å². The molecule has 1 aromatic carbocycles. The molecule has 0 fully saturated rings. The van der Waals surface area contributed by atoms with E-state index >= 15 is 0 Å². The highest BCUT2D eigenvalue weighted by molar-refractivity contribution is 7.16. The highest BCUT2D eigenvalue weighted by Crippen LogP contribution is 2.22. The van der Waals surface area contributed by atoms with E-state index in [1.165, 1.54) is 23.5 Å². The van der Waals surface area contributed by atoms with Crippen molar-refractivity contribution < 1.29 is 13.9 Å². The monoisotopic (exact) mass is 285 g/mol. The summed E-state index contributed by atoms with van der Waals surface area (Å²) >= 11 is 7.08. The van der Waals surface area contributed by atoms with E-state index in [1.54, 1.807) is 12.1 Å². The summed E-state index contributed by atoms with van der Waals surface area (Å²) in [7, 11) is 0. The summed E-state index contributed by atoms with van der Waals surface area (Å²) in [5, 5.41) is 0. The van der Waals surface area contributed by atoms with Crippen LogP contribution in [0.2, 0.25) is 4.34 Å². The van der Waals surface area contributed by atoms with Gasteiger partial charge in [-0.15, -0.1) is 11.3 Å². The van der Waals surface area contributed by atoms with Crippen LogP contribution in [0.3, 0.4) is 0 Å². The summed E-state index contributed by atoms with van der Waals surface area (Å²) in [4.78, 5) is 12.5. The smallest absolute Gasteiger partial charge is 0.338 e. The van der Waals surface area contributed by atoms with E-state index in [0.29, 0.717) is 4.34 Å². The van der Waals surface area contributed by atoms with Crippen LogP contribution in [0.15, 0.2) is 30.3 Å². The number of anilines is 1. The van der Waals surface area contributed by atoms with Crippen molar-refractivity contribution >= 4 is 34.6 Å². The standard InChI is InChI=1S/C12H9ClFNO2S/c13-11-4-2-8(18-11)6-17-12(16)7-1-3-9(14)10(15)5-7/h1-5H,6,15H2. The number of hydrogen-bond donors (Lipinski definition) is 1. The molecule has 0 amide bonds. The van der Waals surface area contributed by atoms with Gasteiger partial charge in [-0.2, -0.15) is 0 Å². The maximum absolute atomic E-state index is 12.9. The van der Waals surface area contributed by atoms with E-state index in [2.05, 4.69) is 0 Å². The lowest BCUT2D eigenvalue weighted by atomic mass is 10.2. The lowest BCUT2D eigenvalue weighted by Crippen LogP contribution is -2.05. The first kappa shape index (κ1) is 12.9. The van der Waals surface area contributed by atoms with Crippen LogP contribution in [-0.2, 0) is 11.3 Å². The van der Waals surface area contributed by atoms with Gasteiger partial charge in [-0.3, -0.25) is 0 Å². The van der Waals surface area contributed by atoms with E-state index in [-0.39, 0.29) is 17.9 Å². The number of hydrogen-bond acceptors (Lipinski definition) is 4. The number of thiophene rings is 1. The van der Waals surface area contributed by atoms with Gasteiger partial charge in [-0.05, 0) is 30.3 Å². The van der Waals surface area contributed by atoms with Gasteiger partial charge in [0.05, 0.1) is 15.6 Å². The zero-order valence-electron chi connectivity index (χ0n) is 9.15. The Balaban J connectivity index is 2.01. The molecule has 0 bridgehead atoms. The number of halogens is 2. The van der Waals surface area contributed by atoms with Crippen molar-refractivity contribution in [3.63, 3.8) is 0 Å². The van der Waals surface area contributed by atoms with Gasteiger partial charge in [0.15, 0.2) is 0 Å². The Morgan fingerprint density at radius 2 is 2.17 bits per heavy atom. The van der Waals surface area contributed by atoms with Gasteiger partial charge in [-0.1, -0.05) is 11.6 Å². The Morgan fingerprint density at radius 1 is 1.39 bits per heavy atom. The molecule has 0 aliphatic rings. The number of nitrogens with two attached hydrogens (primary N) is 1. The van der Waals surface area contributed by atoms with Crippen molar-refractivity contribution in [3.05, 3.63) is 50.9 Å². The molecule has 0 atom stereocenters. The number of ether oxygens (including phenoxy) is 1. The second-order valence-electron chi connectivity index (χ2n) is 3.52. The number of carbonyl (C=O) groups excluding carboxylic acids is 1. The molecule has 2 N–H and O–H groups in total. The van der Waals surface area contributed by atoms with Crippen molar-refractivity contribution in [2.24, 2.45) is 0 Å². The number of rotatable bonds is 3. The molecule has 6 heteroatoms. The lowest BCUT2D eigenvalue weighted by Gasteiger charge is -2.04. The van der Waals surface area contributed by atoms with Crippen LogP contribution in [0, 0.1) is 5.82 Å². The molecule has 0 saturated heterocycles. The predicted molar refractivity (Wildman–Crippen MR) is 69.3 cm³/mol. The molecule has 0 saturated carbocycles. The molecular formula is C12H9ClFNO2S. The SMILES string of the molecule is Nc1cc(C(=O)OCc2ccc(Cl)s2)ccc1F. The van der Waals surface area contributed by atoms with Crippen molar-refractivity contribution in [2.75, 3.05) is 5.73 Å². The normalized spacial score (nSPS) is 10.3. The molecule has 0 radical (unpaired) electrons. The van der Waals surface area contributed by atoms with E-state index in [1.807, 2.05) is 0 Å². The van der Waals surface area contributed by atoms with Crippen LogP contribution < -0.4 is 5.73 Å². The molecule has 3 nitrogen and oxygen atoms in total. The third-order valence-electron chi connectivity index (χ3n) is 2.21. The largest absolute Gasteiger partial charge is 0.456 e. The quantitative estimate of drug-likeness (QED) is 0.694. The van der Waals surface area contributed by atoms with Gasteiger partial charge < -0.3 is 10.5 Å². The molecule has 1 aromatic heterocycles. The van der Waals surface area contributed by atoms with Gasteiger partial charge in [0.1, 0.15) is 12.4 Å². The Hall–Kier alpha value is -1.59. The molecule has 0 spiro atoms. The first-order valence-electron chi connectivity index (χ1n) is 5.02. The van der Waals surface area contributed by atoms with Crippen LogP contribution in [0.5, 0.6) is 0 Å². The molecule has 0 aliphatic heterocycles. The minimum atomic E-state index is -0.559. The van der Waals surface area contributed by atoms with Gasteiger partial charge in [0, 0.05) is 4.88 Å². The third-order valence-corrected chi connectivity index (χ3v) is 3.41. The predicted octanol–water partition coefficient (Wildman–Crippen LogP) is 3.48. The second-order valence-corrected chi connectivity index (χ2v) is 5.32. The number of nitrogen functional groups attached to an aromatic ring is 1. The summed E-state index contributed by atoms with van der Waals surface area (Å²) in [6, 6.07) is 7.22. The lowest BCUT2D eigenvalue weighted by molar-refractivity contribution is 0.0477. The first-order chi connectivity index (χ1) is 8.56. The summed E-state index contributed by atoms with van der Waals surface area (Å²) in [5.74, 6) is -1.11. The van der Waals surface area contributed by atoms with Crippen LogP contribution in [-0.4, -0.2) is 5.97 Å². The molecule has 2 rings (SSSR count). The van der Waals surface area contributed by atoms with Gasteiger partial charge >= 0.3 is 5.97 Å².